The lowest BCUT2D eigenvalue weighted by atomic mass is 10.1. The van der Waals surface area contributed by atoms with Crippen LogP contribution in [0.2, 0.25) is 0 Å². The number of piperazine rings is 1. The van der Waals surface area contributed by atoms with Gasteiger partial charge in [0, 0.05) is 57.8 Å². The van der Waals surface area contributed by atoms with Crippen molar-refractivity contribution in [1.82, 2.24) is 9.80 Å². The van der Waals surface area contributed by atoms with Crippen molar-refractivity contribution in [1.29, 1.82) is 5.41 Å². The van der Waals surface area contributed by atoms with Crippen LogP contribution in [0.25, 0.3) is 0 Å². The smallest absolute Gasteiger partial charge is 0.307 e. The van der Waals surface area contributed by atoms with E-state index in [2.05, 4.69) is 24.0 Å². The molecule has 0 saturated carbocycles. The molecule has 2 aliphatic rings. The van der Waals surface area contributed by atoms with Crippen LogP contribution in [0, 0.1) is 5.41 Å². The first kappa shape index (κ1) is 17.9. The molecule has 1 atom stereocenters. The van der Waals surface area contributed by atoms with E-state index < -0.39 is 5.79 Å². The lowest BCUT2D eigenvalue weighted by Gasteiger charge is -2.38. The van der Waals surface area contributed by atoms with Crippen LogP contribution in [0.1, 0.15) is 32.4 Å². The van der Waals surface area contributed by atoms with Gasteiger partial charge >= 0.3 is 5.17 Å². The maximum absolute atomic E-state index is 8.03. The van der Waals surface area contributed by atoms with Gasteiger partial charge in [-0.3, -0.25) is 21.5 Å². The summed E-state index contributed by atoms with van der Waals surface area (Å²) in [6.45, 7) is 9.37. The summed E-state index contributed by atoms with van der Waals surface area (Å²) in [6.07, 6.45) is 0. The minimum atomic E-state index is -0.601. The number of hydrogen-bond donors (Lipinski definition) is 3. The average Bonchev–Trinajstić information content (AvgIpc) is 2.86. The molecule has 25 heavy (non-hydrogen) atoms. The van der Waals surface area contributed by atoms with Gasteiger partial charge in [-0.15, -0.1) is 0 Å². The van der Waals surface area contributed by atoms with Crippen molar-refractivity contribution < 1.29 is 14.9 Å². The first-order chi connectivity index (χ1) is 11.7. The molecule has 2 heterocycles. The third-order valence-electron chi connectivity index (χ3n) is 4.53. The fraction of sp³-hybridized carbons (Fsp3) is 0.529. The van der Waals surface area contributed by atoms with Crippen LogP contribution in [0.5, 0.6) is 11.5 Å². The Bertz CT molecular complexity index is 686. The fourth-order valence-electron chi connectivity index (χ4n) is 3.20. The monoisotopic (exact) mass is 364 g/mol. The Morgan fingerprint density at radius 3 is 2.52 bits per heavy atom. The van der Waals surface area contributed by atoms with E-state index in [0.29, 0.717) is 5.17 Å². The van der Waals surface area contributed by atoms with Crippen molar-refractivity contribution in [2.24, 2.45) is 5.73 Å². The Morgan fingerprint density at radius 1 is 1.24 bits per heavy atom. The summed E-state index contributed by atoms with van der Waals surface area (Å²) in [4.78, 5) is 4.42. The van der Waals surface area contributed by atoms with Crippen LogP contribution in [0.4, 0.5) is 0 Å². The van der Waals surface area contributed by atoms with Crippen LogP contribution < -0.4 is 20.6 Å². The molecule has 1 fully saturated rings. The van der Waals surface area contributed by atoms with Crippen LogP contribution in [0.3, 0.4) is 0 Å². The lowest BCUT2D eigenvalue weighted by Crippen LogP contribution is -2.50. The van der Waals surface area contributed by atoms with Gasteiger partial charge in [0.05, 0.1) is 0 Å². The van der Waals surface area contributed by atoms with Crippen molar-refractivity contribution in [3.63, 3.8) is 0 Å². The minimum absolute atomic E-state index is 0.212. The lowest BCUT2D eigenvalue weighted by molar-refractivity contribution is -0.109. The third kappa shape index (κ3) is 4.01. The maximum atomic E-state index is 8.03. The molecule has 0 amide bonds. The van der Waals surface area contributed by atoms with Gasteiger partial charge in [0.2, 0.25) is 5.79 Å². The van der Waals surface area contributed by atoms with Gasteiger partial charge < -0.3 is 14.4 Å². The minimum Gasteiger partial charge on any atom is -0.449 e. The average molecular weight is 364 g/mol. The van der Waals surface area contributed by atoms with E-state index >= 15 is 0 Å². The van der Waals surface area contributed by atoms with Gasteiger partial charge in [-0.25, -0.2) is 0 Å². The highest BCUT2D eigenvalue weighted by Gasteiger charge is 2.32. The van der Waals surface area contributed by atoms with Gasteiger partial charge in [0.25, 0.3) is 0 Å². The van der Waals surface area contributed by atoms with E-state index in [1.807, 2.05) is 24.8 Å². The molecule has 5 N–H and O–H groups in total. The van der Waals surface area contributed by atoms with Crippen LogP contribution >= 0.6 is 11.8 Å². The fourth-order valence-corrected chi connectivity index (χ4v) is 3.73. The second-order valence-corrected chi connectivity index (χ2v) is 7.88. The van der Waals surface area contributed by atoms with Crippen LogP contribution in [-0.2, 0) is 0 Å². The Hall–Kier alpha value is -1.93. The zero-order chi connectivity index (χ0) is 18.2. The molecule has 8 heteroatoms. The summed E-state index contributed by atoms with van der Waals surface area (Å²) in [5.74, 6) is 1.00. The molecule has 2 aliphatic heterocycles. The SMILES string of the molecule is CC(c1ccc2c(c1)OC(C)(C)O2)N1CCN(C(=N)SC(N)=[NH2+])CC1. The Balaban J connectivity index is 1.61. The van der Waals surface area contributed by atoms with Crippen molar-refractivity contribution in [2.75, 3.05) is 26.2 Å². The predicted octanol–water partition coefficient (Wildman–Crippen LogP) is 0.614. The molecular weight excluding hydrogens is 338 g/mol. The number of nitrogens with one attached hydrogen (secondary N) is 1. The second-order valence-electron chi connectivity index (χ2n) is 6.82. The number of thioether (sulfide) groups is 1. The first-order valence-corrected chi connectivity index (χ1v) is 9.22. The normalized spacial score (nSPS) is 20.4. The Labute approximate surface area is 152 Å². The number of nitrogens with two attached hydrogens (primary N) is 2. The second kappa shape index (κ2) is 6.76. The number of amidine groups is 2. The van der Waals surface area contributed by atoms with Crippen molar-refractivity contribution >= 4 is 22.1 Å². The standard InChI is InChI=1S/C17H25N5O2S/c1-11(12-4-5-13-14(10-12)24-17(2,3)23-13)21-6-8-22(9-7-21)16(20)25-15(18)19/h4-5,10-11,20H,6-9H2,1-3H3,(H3,18,19)/p+1. The van der Waals surface area contributed by atoms with Gasteiger partial charge in [-0.05, 0) is 24.6 Å². The molecule has 136 valence electrons. The van der Waals surface area contributed by atoms with Gasteiger partial charge in [-0.2, -0.15) is 0 Å². The summed E-state index contributed by atoms with van der Waals surface area (Å²) in [5, 5.41) is 14.1. The molecule has 0 aliphatic carbocycles. The van der Waals surface area contributed by atoms with E-state index in [-0.39, 0.29) is 11.2 Å². The molecule has 1 aromatic rings. The Morgan fingerprint density at radius 2 is 1.88 bits per heavy atom. The summed E-state index contributed by atoms with van der Waals surface area (Å²) >= 11 is 1.11. The maximum Gasteiger partial charge on any atom is 0.307 e. The number of rotatable bonds is 2. The zero-order valence-electron chi connectivity index (χ0n) is 14.9. The number of fused-ring (bicyclic) bond motifs is 1. The van der Waals surface area contributed by atoms with Crippen molar-refractivity contribution in [3.05, 3.63) is 23.8 Å². The van der Waals surface area contributed by atoms with E-state index in [1.165, 1.54) is 5.56 Å². The molecule has 1 aromatic carbocycles. The van der Waals surface area contributed by atoms with Gasteiger partial charge in [0.1, 0.15) is 0 Å². The van der Waals surface area contributed by atoms with E-state index in [4.69, 9.17) is 26.0 Å². The number of hydrogen-bond acceptors (Lipinski definition) is 5. The first-order valence-electron chi connectivity index (χ1n) is 8.40. The molecule has 3 rings (SSSR count). The highest BCUT2D eigenvalue weighted by Crippen LogP contribution is 2.41. The summed E-state index contributed by atoms with van der Waals surface area (Å²) < 4.78 is 11.6. The number of ether oxygens (including phenoxy) is 2. The Kier molecular flexibility index (Phi) is 4.83. The third-order valence-corrected chi connectivity index (χ3v) is 5.21. The van der Waals surface area contributed by atoms with E-state index in [9.17, 15) is 0 Å². The number of nitrogens with zero attached hydrogens (tertiary/aromatic N) is 2. The summed E-state index contributed by atoms with van der Waals surface area (Å²) in [7, 11) is 0. The summed E-state index contributed by atoms with van der Waals surface area (Å²) in [5.41, 5.74) is 6.68. The highest BCUT2D eigenvalue weighted by molar-refractivity contribution is 8.26. The zero-order valence-corrected chi connectivity index (χ0v) is 15.7. The molecular formula is C17H26N5O2S+. The largest absolute Gasteiger partial charge is 0.449 e. The topological polar surface area (TPSA) is 100 Å². The van der Waals surface area contributed by atoms with Gasteiger partial charge in [-0.1, -0.05) is 6.07 Å². The molecule has 0 radical (unpaired) electrons. The molecule has 0 bridgehead atoms. The van der Waals surface area contributed by atoms with E-state index in [1.54, 1.807) is 0 Å². The van der Waals surface area contributed by atoms with Crippen molar-refractivity contribution in [3.8, 4) is 11.5 Å². The summed E-state index contributed by atoms with van der Waals surface area (Å²) in [6, 6.07) is 6.43. The van der Waals surface area contributed by atoms with Crippen LogP contribution in [0.15, 0.2) is 18.2 Å². The molecule has 7 nitrogen and oxygen atoms in total. The molecule has 0 spiro atoms. The van der Waals surface area contributed by atoms with E-state index in [0.717, 1.165) is 49.4 Å². The quantitative estimate of drug-likeness (QED) is 0.525. The molecule has 1 unspecified atom stereocenters. The van der Waals surface area contributed by atoms with Crippen LogP contribution in [-0.4, -0.2) is 52.1 Å². The highest BCUT2D eigenvalue weighted by atomic mass is 32.2. The molecule has 0 aromatic heterocycles. The predicted molar refractivity (Wildman–Crippen MR) is 99.8 cm³/mol. The number of benzene rings is 1. The van der Waals surface area contributed by atoms with Crippen molar-refractivity contribution in [2.45, 2.75) is 32.6 Å². The van der Waals surface area contributed by atoms with Gasteiger partial charge in [0.15, 0.2) is 16.7 Å². The molecule has 1 saturated heterocycles.